The van der Waals surface area contributed by atoms with Gasteiger partial charge in [-0.05, 0) is 30.2 Å². The van der Waals surface area contributed by atoms with Crippen molar-refractivity contribution in [1.29, 1.82) is 0 Å². The zero-order valence-corrected chi connectivity index (χ0v) is 13.4. The van der Waals surface area contributed by atoms with Crippen molar-refractivity contribution < 1.29 is 4.79 Å². The van der Waals surface area contributed by atoms with Gasteiger partial charge in [-0.1, -0.05) is 43.1 Å². The van der Waals surface area contributed by atoms with Gasteiger partial charge in [-0.15, -0.1) is 0 Å². The third kappa shape index (κ3) is 5.04. The lowest BCUT2D eigenvalue weighted by atomic mass is 10.2. The Balaban J connectivity index is 1.87. The standard InChI is InChI=1S/C17H20ClN3O/c1-2-3-8-17(22)21-14-9-10-16(20-12-14)19-11-13-6-4-5-7-15(13)18/h4-7,9-10,12H,2-3,8,11H2,1H3,(H,19,20)(H,21,22). The lowest BCUT2D eigenvalue weighted by Crippen LogP contribution is -2.11. The molecule has 0 radical (unpaired) electrons. The van der Waals surface area contributed by atoms with E-state index in [-0.39, 0.29) is 5.91 Å². The predicted molar refractivity (Wildman–Crippen MR) is 91.2 cm³/mol. The topological polar surface area (TPSA) is 54.0 Å². The average molecular weight is 318 g/mol. The molecule has 1 heterocycles. The van der Waals surface area contributed by atoms with Crippen LogP contribution >= 0.6 is 11.6 Å². The Labute approximate surface area is 135 Å². The van der Waals surface area contributed by atoms with Crippen LogP contribution in [-0.4, -0.2) is 10.9 Å². The Bertz CT molecular complexity index is 614. The highest BCUT2D eigenvalue weighted by molar-refractivity contribution is 6.31. The van der Waals surface area contributed by atoms with Crippen LogP contribution in [-0.2, 0) is 11.3 Å². The molecule has 0 unspecified atom stereocenters. The second kappa shape index (κ2) is 8.39. The minimum atomic E-state index is 0.0282. The molecule has 0 atom stereocenters. The smallest absolute Gasteiger partial charge is 0.224 e. The monoisotopic (exact) mass is 317 g/mol. The molecule has 2 N–H and O–H groups in total. The van der Waals surface area contributed by atoms with Gasteiger partial charge in [0.1, 0.15) is 5.82 Å². The van der Waals surface area contributed by atoms with E-state index in [1.165, 1.54) is 0 Å². The predicted octanol–water partition coefficient (Wildman–Crippen LogP) is 4.48. The minimum absolute atomic E-state index is 0.0282. The summed E-state index contributed by atoms with van der Waals surface area (Å²) in [6.07, 6.45) is 4.11. The van der Waals surface area contributed by atoms with Crippen LogP contribution in [0.3, 0.4) is 0 Å². The van der Waals surface area contributed by atoms with E-state index in [4.69, 9.17) is 11.6 Å². The van der Waals surface area contributed by atoms with Crippen molar-refractivity contribution in [2.45, 2.75) is 32.7 Å². The number of halogens is 1. The summed E-state index contributed by atoms with van der Waals surface area (Å²) in [5.74, 6) is 0.770. The third-order valence-corrected chi connectivity index (χ3v) is 3.59. The van der Waals surface area contributed by atoms with Crippen molar-refractivity contribution in [2.75, 3.05) is 10.6 Å². The summed E-state index contributed by atoms with van der Waals surface area (Å²) >= 11 is 6.11. The maximum absolute atomic E-state index is 11.6. The van der Waals surface area contributed by atoms with Gasteiger partial charge < -0.3 is 10.6 Å². The average Bonchev–Trinajstić information content (AvgIpc) is 2.53. The fourth-order valence-corrected chi connectivity index (χ4v) is 2.16. The summed E-state index contributed by atoms with van der Waals surface area (Å²) < 4.78 is 0. The number of carbonyl (C=O) groups excluding carboxylic acids is 1. The molecular weight excluding hydrogens is 298 g/mol. The van der Waals surface area contributed by atoms with Crippen LogP contribution in [0.1, 0.15) is 31.7 Å². The first-order chi connectivity index (χ1) is 10.7. The van der Waals surface area contributed by atoms with E-state index in [1.807, 2.05) is 36.4 Å². The number of hydrogen-bond donors (Lipinski definition) is 2. The normalized spacial score (nSPS) is 10.3. The molecule has 2 rings (SSSR count). The molecule has 0 saturated heterocycles. The number of amides is 1. The molecule has 2 aromatic rings. The van der Waals surface area contributed by atoms with Gasteiger partial charge in [0, 0.05) is 18.0 Å². The summed E-state index contributed by atoms with van der Waals surface area (Å²) in [6.45, 7) is 2.67. The zero-order chi connectivity index (χ0) is 15.8. The van der Waals surface area contributed by atoms with E-state index >= 15 is 0 Å². The number of anilines is 2. The Morgan fingerprint density at radius 3 is 2.73 bits per heavy atom. The van der Waals surface area contributed by atoms with Crippen LogP contribution in [0.2, 0.25) is 5.02 Å². The maximum atomic E-state index is 11.6. The molecule has 22 heavy (non-hydrogen) atoms. The van der Waals surface area contributed by atoms with E-state index in [0.29, 0.717) is 18.7 Å². The first-order valence-electron chi connectivity index (χ1n) is 7.42. The summed E-state index contributed by atoms with van der Waals surface area (Å²) in [7, 11) is 0. The van der Waals surface area contributed by atoms with Gasteiger partial charge in [0.2, 0.25) is 5.91 Å². The van der Waals surface area contributed by atoms with Crippen LogP contribution in [0.15, 0.2) is 42.6 Å². The minimum Gasteiger partial charge on any atom is -0.366 e. The Morgan fingerprint density at radius 2 is 2.05 bits per heavy atom. The quantitative estimate of drug-likeness (QED) is 0.792. The summed E-state index contributed by atoms with van der Waals surface area (Å²) in [5.41, 5.74) is 1.73. The lowest BCUT2D eigenvalue weighted by molar-refractivity contribution is -0.116. The highest BCUT2D eigenvalue weighted by Crippen LogP contribution is 2.17. The first kappa shape index (κ1) is 16.3. The number of aromatic nitrogens is 1. The molecule has 1 aromatic carbocycles. The summed E-state index contributed by atoms with van der Waals surface area (Å²) in [6, 6.07) is 11.4. The molecule has 0 saturated carbocycles. The van der Waals surface area contributed by atoms with E-state index in [2.05, 4.69) is 22.5 Å². The van der Waals surface area contributed by atoms with Gasteiger partial charge in [-0.25, -0.2) is 4.98 Å². The first-order valence-corrected chi connectivity index (χ1v) is 7.80. The lowest BCUT2D eigenvalue weighted by Gasteiger charge is -2.08. The number of benzene rings is 1. The van der Waals surface area contributed by atoms with Crippen LogP contribution in [0.4, 0.5) is 11.5 Å². The third-order valence-electron chi connectivity index (χ3n) is 3.22. The van der Waals surface area contributed by atoms with Gasteiger partial charge in [0.25, 0.3) is 0 Å². The number of nitrogens with one attached hydrogen (secondary N) is 2. The fraction of sp³-hybridized carbons (Fsp3) is 0.294. The van der Waals surface area contributed by atoms with Crippen molar-refractivity contribution in [3.05, 3.63) is 53.2 Å². The van der Waals surface area contributed by atoms with Crippen molar-refractivity contribution >= 4 is 29.0 Å². The van der Waals surface area contributed by atoms with E-state index in [1.54, 1.807) is 6.20 Å². The Kier molecular flexibility index (Phi) is 6.22. The Morgan fingerprint density at radius 1 is 1.23 bits per heavy atom. The van der Waals surface area contributed by atoms with Gasteiger partial charge in [0.15, 0.2) is 0 Å². The molecule has 0 bridgehead atoms. The number of rotatable bonds is 7. The van der Waals surface area contributed by atoms with Crippen molar-refractivity contribution in [3.8, 4) is 0 Å². The molecule has 5 heteroatoms. The van der Waals surface area contributed by atoms with Crippen LogP contribution in [0.25, 0.3) is 0 Å². The maximum Gasteiger partial charge on any atom is 0.224 e. The molecule has 1 amide bonds. The number of hydrogen-bond acceptors (Lipinski definition) is 3. The largest absolute Gasteiger partial charge is 0.366 e. The van der Waals surface area contributed by atoms with Gasteiger partial charge >= 0.3 is 0 Å². The number of carbonyl (C=O) groups is 1. The van der Waals surface area contributed by atoms with Crippen molar-refractivity contribution in [2.24, 2.45) is 0 Å². The highest BCUT2D eigenvalue weighted by Gasteiger charge is 2.03. The van der Waals surface area contributed by atoms with Crippen molar-refractivity contribution in [3.63, 3.8) is 0 Å². The number of unbranched alkanes of at least 4 members (excludes halogenated alkanes) is 1. The number of pyridine rings is 1. The molecule has 0 aliphatic heterocycles. The second-order valence-electron chi connectivity index (χ2n) is 5.03. The van der Waals surface area contributed by atoms with Crippen molar-refractivity contribution in [1.82, 2.24) is 4.98 Å². The second-order valence-corrected chi connectivity index (χ2v) is 5.44. The molecular formula is C17H20ClN3O. The molecule has 4 nitrogen and oxygen atoms in total. The van der Waals surface area contributed by atoms with E-state index < -0.39 is 0 Å². The van der Waals surface area contributed by atoms with Gasteiger partial charge in [-0.3, -0.25) is 4.79 Å². The van der Waals surface area contributed by atoms with E-state index in [9.17, 15) is 4.79 Å². The molecule has 0 aliphatic rings. The summed E-state index contributed by atoms with van der Waals surface area (Å²) in [4.78, 5) is 15.9. The molecule has 0 aliphatic carbocycles. The van der Waals surface area contributed by atoms with Crippen LogP contribution in [0, 0.1) is 0 Å². The molecule has 0 fully saturated rings. The van der Waals surface area contributed by atoms with Gasteiger partial charge in [0.05, 0.1) is 11.9 Å². The summed E-state index contributed by atoms with van der Waals surface area (Å²) in [5, 5.41) is 6.78. The highest BCUT2D eigenvalue weighted by atomic mass is 35.5. The molecule has 0 spiro atoms. The molecule has 1 aromatic heterocycles. The number of nitrogens with zero attached hydrogens (tertiary/aromatic N) is 1. The fourth-order valence-electron chi connectivity index (χ4n) is 1.96. The van der Waals surface area contributed by atoms with E-state index in [0.717, 1.165) is 29.2 Å². The van der Waals surface area contributed by atoms with Crippen LogP contribution in [0.5, 0.6) is 0 Å². The SMILES string of the molecule is CCCCC(=O)Nc1ccc(NCc2ccccc2Cl)nc1. The zero-order valence-electron chi connectivity index (χ0n) is 12.6. The molecule has 116 valence electrons. The Hall–Kier alpha value is -2.07. The van der Waals surface area contributed by atoms with Crippen LogP contribution < -0.4 is 10.6 Å². The van der Waals surface area contributed by atoms with Gasteiger partial charge in [-0.2, -0.15) is 0 Å².